The third-order valence-corrected chi connectivity index (χ3v) is 6.26. The summed E-state index contributed by atoms with van der Waals surface area (Å²) in [5.41, 5.74) is 0. The van der Waals surface area contributed by atoms with Crippen LogP contribution in [0.15, 0.2) is 17.5 Å². The van der Waals surface area contributed by atoms with Crippen molar-refractivity contribution in [1.82, 2.24) is 10.2 Å². The van der Waals surface area contributed by atoms with Crippen molar-refractivity contribution >= 4 is 23.2 Å². The molecule has 1 aromatic rings. The van der Waals surface area contributed by atoms with E-state index in [4.69, 9.17) is 14.6 Å². The number of amides is 1. The first-order chi connectivity index (χ1) is 13.7. The summed E-state index contributed by atoms with van der Waals surface area (Å²) in [7, 11) is 0. The maximum atomic E-state index is 12.2. The summed E-state index contributed by atoms with van der Waals surface area (Å²) in [4.78, 5) is 25.1. The van der Waals surface area contributed by atoms with Crippen molar-refractivity contribution in [3.8, 4) is 0 Å². The molecule has 4 rings (SSSR count). The van der Waals surface area contributed by atoms with Crippen LogP contribution in [-0.4, -0.2) is 59.4 Å². The zero-order valence-corrected chi connectivity index (χ0v) is 16.7. The van der Waals surface area contributed by atoms with Crippen LogP contribution in [0.2, 0.25) is 0 Å². The fraction of sp³-hybridized carbons (Fsp3) is 0.684. The fourth-order valence-electron chi connectivity index (χ4n) is 3.69. The molecule has 0 radical (unpaired) electrons. The average molecular weight is 434 g/mol. The molecular formula is C19H25F3N2O4S. The highest BCUT2D eigenvalue weighted by molar-refractivity contribution is 7.09. The van der Waals surface area contributed by atoms with Gasteiger partial charge in [-0.1, -0.05) is 6.07 Å². The third kappa shape index (κ3) is 6.42. The number of carboxylic acids is 1. The number of likely N-dealkylation sites (tertiary alicyclic amines) is 1. The Morgan fingerprint density at radius 2 is 1.97 bits per heavy atom. The molecule has 2 N–H and O–H groups in total. The second-order valence-corrected chi connectivity index (χ2v) is 8.67. The fourth-order valence-corrected chi connectivity index (χ4v) is 4.42. The number of fused-ring (bicyclic) bond motifs is 1. The lowest BCUT2D eigenvalue weighted by Gasteiger charge is -2.35. The Bertz CT molecular complexity index is 694. The molecule has 1 saturated carbocycles. The van der Waals surface area contributed by atoms with Gasteiger partial charge in [-0.15, -0.1) is 11.3 Å². The maximum Gasteiger partial charge on any atom is 0.490 e. The number of hydrogen-bond acceptors (Lipinski definition) is 5. The molecule has 3 fully saturated rings. The van der Waals surface area contributed by atoms with Crippen molar-refractivity contribution < 1.29 is 32.6 Å². The van der Waals surface area contributed by atoms with E-state index in [1.807, 2.05) is 11.3 Å². The highest BCUT2D eigenvalue weighted by atomic mass is 32.1. The first-order valence-electron chi connectivity index (χ1n) is 9.73. The monoisotopic (exact) mass is 434 g/mol. The molecule has 0 unspecified atom stereocenters. The minimum absolute atomic E-state index is 0.113. The largest absolute Gasteiger partial charge is 0.490 e. The van der Waals surface area contributed by atoms with Crippen LogP contribution >= 0.6 is 11.3 Å². The van der Waals surface area contributed by atoms with Gasteiger partial charge in [0, 0.05) is 30.6 Å². The number of carboxylic acid groups (broad SMARTS) is 1. The van der Waals surface area contributed by atoms with Crippen LogP contribution in [-0.2, 0) is 20.9 Å². The molecule has 1 aromatic heterocycles. The van der Waals surface area contributed by atoms with E-state index in [1.165, 1.54) is 17.7 Å². The Hall–Kier alpha value is -1.65. The first-order valence-corrected chi connectivity index (χ1v) is 10.6. The van der Waals surface area contributed by atoms with Gasteiger partial charge in [0.1, 0.15) is 6.10 Å². The van der Waals surface area contributed by atoms with Gasteiger partial charge in [-0.2, -0.15) is 13.2 Å². The number of aliphatic carboxylic acids is 1. The van der Waals surface area contributed by atoms with Crippen LogP contribution in [0.1, 0.15) is 37.0 Å². The predicted molar refractivity (Wildman–Crippen MR) is 100 cm³/mol. The van der Waals surface area contributed by atoms with Gasteiger partial charge in [0.05, 0.1) is 6.10 Å². The molecule has 29 heavy (non-hydrogen) atoms. The van der Waals surface area contributed by atoms with Gasteiger partial charge >= 0.3 is 12.1 Å². The molecule has 0 aromatic carbocycles. The summed E-state index contributed by atoms with van der Waals surface area (Å²) in [5, 5.41) is 12.3. The summed E-state index contributed by atoms with van der Waals surface area (Å²) < 4.78 is 37.9. The molecule has 1 amide bonds. The van der Waals surface area contributed by atoms with Crippen molar-refractivity contribution in [2.75, 3.05) is 13.1 Å². The molecule has 0 bridgehead atoms. The van der Waals surface area contributed by atoms with E-state index < -0.39 is 12.1 Å². The number of thiophene rings is 1. The third-order valence-electron chi connectivity index (χ3n) is 5.40. The van der Waals surface area contributed by atoms with Crippen LogP contribution in [0.5, 0.6) is 0 Å². The van der Waals surface area contributed by atoms with Crippen LogP contribution in [0, 0.1) is 5.92 Å². The van der Waals surface area contributed by atoms with Gasteiger partial charge in [0.25, 0.3) is 0 Å². The molecule has 2 aliphatic heterocycles. The molecule has 3 heterocycles. The Kier molecular flexibility index (Phi) is 7.18. The van der Waals surface area contributed by atoms with E-state index in [-0.39, 0.29) is 18.1 Å². The second-order valence-electron chi connectivity index (χ2n) is 7.64. The lowest BCUT2D eigenvalue weighted by molar-refractivity contribution is -0.192. The zero-order chi connectivity index (χ0) is 21.0. The molecule has 3 atom stereocenters. The van der Waals surface area contributed by atoms with Crippen LogP contribution in [0.4, 0.5) is 13.2 Å². The lowest BCUT2D eigenvalue weighted by Crippen LogP contribution is -2.47. The number of rotatable bonds is 5. The van der Waals surface area contributed by atoms with Gasteiger partial charge in [-0.05, 0) is 49.5 Å². The van der Waals surface area contributed by atoms with Gasteiger partial charge in [-0.3, -0.25) is 9.69 Å². The molecule has 0 spiro atoms. The smallest absolute Gasteiger partial charge is 0.475 e. The zero-order valence-electron chi connectivity index (χ0n) is 15.9. The Morgan fingerprint density at radius 3 is 2.55 bits per heavy atom. The number of nitrogens with one attached hydrogen (secondary N) is 1. The van der Waals surface area contributed by atoms with Crippen molar-refractivity contribution in [3.63, 3.8) is 0 Å². The van der Waals surface area contributed by atoms with E-state index >= 15 is 0 Å². The lowest BCUT2D eigenvalue weighted by atomic mass is 9.98. The van der Waals surface area contributed by atoms with E-state index in [0.717, 1.165) is 44.8 Å². The number of carbonyl (C=O) groups excluding carboxylic acids is 1. The maximum absolute atomic E-state index is 12.2. The van der Waals surface area contributed by atoms with Gasteiger partial charge in [0.2, 0.25) is 5.91 Å². The number of ether oxygens (including phenoxy) is 1. The predicted octanol–water partition coefficient (Wildman–Crippen LogP) is 3.03. The Morgan fingerprint density at radius 1 is 1.24 bits per heavy atom. The quantitative estimate of drug-likeness (QED) is 0.745. The summed E-state index contributed by atoms with van der Waals surface area (Å²) >= 11 is 1.82. The average Bonchev–Trinajstić information content (AvgIpc) is 3.20. The summed E-state index contributed by atoms with van der Waals surface area (Å²) in [6, 6.07) is 4.82. The van der Waals surface area contributed by atoms with Crippen molar-refractivity contribution in [1.29, 1.82) is 0 Å². The number of alkyl halides is 3. The summed E-state index contributed by atoms with van der Waals surface area (Å²) in [6.07, 6.45) is 0.480. The molecule has 162 valence electrons. The molecular weight excluding hydrogens is 409 g/mol. The van der Waals surface area contributed by atoms with Crippen molar-refractivity contribution in [3.05, 3.63) is 22.4 Å². The second kappa shape index (κ2) is 9.44. The molecule has 1 aliphatic carbocycles. The topological polar surface area (TPSA) is 78.9 Å². The SMILES string of the molecule is O=C(NCC1CC1)[C@H]1CC[C@@H]2[C@@H](CCN2Cc2cccs2)O1.O=C(O)C(F)(F)F. The van der Waals surface area contributed by atoms with Gasteiger partial charge in [-0.25, -0.2) is 4.79 Å². The van der Waals surface area contributed by atoms with E-state index in [1.54, 1.807) is 0 Å². The van der Waals surface area contributed by atoms with Crippen LogP contribution < -0.4 is 5.32 Å². The van der Waals surface area contributed by atoms with E-state index in [9.17, 15) is 18.0 Å². The standard InChI is InChI=1S/C17H24N2O2S.C2HF3O2/c20-17(18-10-12-3-4-12)16-6-5-14-15(21-16)7-8-19(14)11-13-2-1-9-22-13;3-2(4,5)1(6)7/h1-2,9,12,14-16H,3-8,10-11H2,(H,18,20);(H,6,7)/t14-,15-,16-;/m1./s1. The van der Waals surface area contributed by atoms with Crippen molar-refractivity contribution in [2.24, 2.45) is 5.92 Å². The minimum atomic E-state index is -5.08. The van der Waals surface area contributed by atoms with E-state index in [2.05, 4.69) is 27.7 Å². The number of nitrogens with zero attached hydrogens (tertiary/aromatic N) is 1. The Labute approximate surface area is 171 Å². The van der Waals surface area contributed by atoms with Crippen LogP contribution in [0.3, 0.4) is 0 Å². The highest BCUT2D eigenvalue weighted by Crippen LogP contribution is 2.33. The summed E-state index contributed by atoms with van der Waals surface area (Å²) in [6.45, 7) is 2.96. The van der Waals surface area contributed by atoms with Gasteiger partial charge in [0.15, 0.2) is 0 Å². The van der Waals surface area contributed by atoms with Crippen molar-refractivity contribution in [2.45, 2.75) is 63.1 Å². The Balaban J connectivity index is 0.000000298. The van der Waals surface area contributed by atoms with E-state index in [0.29, 0.717) is 6.04 Å². The van der Waals surface area contributed by atoms with Gasteiger partial charge < -0.3 is 15.2 Å². The minimum Gasteiger partial charge on any atom is -0.475 e. The highest BCUT2D eigenvalue weighted by Gasteiger charge is 2.41. The molecule has 6 nitrogen and oxygen atoms in total. The number of carbonyl (C=O) groups is 2. The van der Waals surface area contributed by atoms with Crippen LogP contribution in [0.25, 0.3) is 0 Å². The first kappa shape index (κ1) is 22.0. The molecule has 2 saturated heterocycles. The summed E-state index contributed by atoms with van der Waals surface area (Å²) in [5.74, 6) is -1.91. The molecule has 3 aliphatic rings. The normalized spacial score (nSPS) is 26.9. The molecule has 10 heteroatoms. The number of halogens is 3. The number of hydrogen-bond donors (Lipinski definition) is 2.